The van der Waals surface area contributed by atoms with Crippen LogP contribution in [0.2, 0.25) is 0 Å². The molecule has 0 spiro atoms. The lowest BCUT2D eigenvalue weighted by molar-refractivity contribution is -0.134. The fourth-order valence-corrected chi connectivity index (χ4v) is 6.33. The summed E-state index contributed by atoms with van der Waals surface area (Å²) in [5.74, 6) is -0.925. The van der Waals surface area contributed by atoms with E-state index in [4.69, 9.17) is 9.94 Å². The van der Waals surface area contributed by atoms with Crippen LogP contribution in [-0.4, -0.2) is 42.5 Å². The summed E-state index contributed by atoms with van der Waals surface area (Å²) in [7, 11) is -4.03. The zero-order valence-corrected chi connectivity index (χ0v) is 16.4. The average molecular weight is 418 g/mol. The number of para-hydroxylation sites is 1. The highest BCUT2D eigenvalue weighted by Gasteiger charge is 2.52. The first-order valence-electron chi connectivity index (χ1n) is 8.71. The van der Waals surface area contributed by atoms with Crippen molar-refractivity contribution in [2.75, 3.05) is 13.2 Å². The molecule has 9 heteroatoms. The number of hydrogen-bond donors (Lipinski definition) is 2. The minimum Gasteiger partial charge on any atom is -0.381 e. The van der Waals surface area contributed by atoms with Gasteiger partial charge in [0.25, 0.3) is 5.91 Å². The third kappa shape index (κ3) is 3.00. The fraction of sp³-hybridized carbons (Fsp3) is 0.263. The predicted molar refractivity (Wildman–Crippen MR) is 105 cm³/mol. The van der Waals surface area contributed by atoms with E-state index in [1.54, 1.807) is 12.1 Å². The van der Waals surface area contributed by atoms with Crippen molar-refractivity contribution >= 4 is 37.3 Å². The molecule has 1 fully saturated rings. The van der Waals surface area contributed by atoms with Gasteiger partial charge in [0.05, 0.1) is 15.1 Å². The highest BCUT2D eigenvalue weighted by molar-refractivity contribution is 7.93. The molecule has 0 bridgehead atoms. The number of aromatic nitrogens is 1. The van der Waals surface area contributed by atoms with Crippen LogP contribution >= 0.6 is 11.3 Å². The van der Waals surface area contributed by atoms with Crippen LogP contribution in [0.15, 0.2) is 53.4 Å². The third-order valence-corrected chi connectivity index (χ3v) is 8.64. The Hall–Kier alpha value is -2.33. The molecule has 1 aliphatic heterocycles. The summed E-state index contributed by atoms with van der Waals surface area (Å²) in [4.78, 5) is 16.9. The van der Waals surface area contributed by atoms with Crippen molar-refractivity contribution in [1.29, 1.82) is 0 Å². The Bertz CT molecular complexity index is 1080. The molecule has 146 valence electrons. The van der Waals surface area contributed by atoms with Gasteiger partial charge >= 0.3 is 0 Å². The number of benzene rings is 2. The van der Waals surface area contributed by atoms with Crippen LogP contribution in [0.4, 0.5) is 0 Å². The van der Waals surface area contributed by atoms with E-state index in [1.165, 1.54) is 28.9 Å². The van der Waals surface area contributed by atoms with Gasteiger partial charge in [0.15, 0.2) is 14.6 Å². The molecule has 0 radical (unpaired) electrons. The minimum absolute atomic E-state index is 0.0126. The van der Waals surface area contributed by atoms with Gasteiger partial charge in [-0.2, -0.15) is 0 Å². The molecule has 0 atom stereocenters. The van der Waals surface area contributed by atoms with Crippen LogP contribution in [0.1, 0.15) is 12.8 Å². The summed E-state index contributed by atoms with van der Waals surface area (Å²) in [6.07, 6.45) is -0.0251. The summed E-state index contributed by atoms with van der Waals surface area (Å²) in [6, 6.07) is 14.1. The van der Waals surface area contributed by atoms with Crippen molar-refractivity contribution in [3.8, 4) is 10.6 Å². The molecule has 1 aromatic heterocycles. The summed E-state index contributed by atoms with van der Waals surface area (Å²) in [5, 5.41) is 9.90. The Morgan fingerprint density at radius 2 is 1.79 bits per heavy atom. The number of nitrogens with one attached hydrogen (secondary N) is 1. The van der Waals surface area contributed by atoms with Gasteiger partial charge in [0.2, 0.25) is 0 Å². The van der Waals surface area contributed by atoms with E-state index in [9.17, 15) is 13.2 Å². The van der Waals surface area contributed by atoms with Crippen LogP contribution in [0.25, 0.3) is 20.8 Å². The maximum atomic E-state index is 13.3. The molecule has 1 amide bonds. The second-order valence-electron chi connectivity index (χ2n) is 6.56. The number of ether oxygens (including phenoxy) is 1. The number of sulfone groups is 1. The highest BCUT2D eigenvalue weighted by Crippen LogP contribution is 2.36. The topological polar surface area (TPSA) is 106 Å². The Labute approximate surface area is 165 Å². The molecular formula is C19H18N2O5S2. The van der Waals surface area contributed by atoms with Crippen LogP contribution in [0, 0.1) is 0 Å². The number of hydrogen-bond acceptors (Lipinski definition) is 7. The molecule has 7 nitrogen and oxygen atoms in total. The highest BCUT2D eigenvalue weighted by atomic mass is 32.2. The molecule has 2 heterocycles. The van der Waals surface area contributed by atoms with E-state index < -0.39 is 20.5 Å². The molecule has 2 aromatic carbocycles. The molecular weight excluding hydrogens is 400 g/mol. The molecule has 28 heavy (non-hydrogen) atoms. The molecule has 1 saturated heterocycles. The van der Waals surface area contributed by atoms with E-state index in [2.05, 4.69) is 4.98 Å². The minimum atomic E-state index is -4.03. The van der Waals surface area contributed by atoms with Gasteiger partial charge in [0.1, 0.15) is 5.01 Å². The number of carbonyl (C=O) groups excluding carboxylic acids is 1. The molecule has 4 rings (SSSR count). The molecule has 3 aromatic rings. The first-order chi connectivity index (χ1) is 13.5. The number of carbonyl (C=O) groups is 1. The monoisotopic (exact) mass is 418 g/mol. The molecule has 1 aliphatic rings. The van der Waals surface area contributed by atoms with E-state index in [0.29, 0.717) is 0 Å². The van der Waals surface area contributed by atoms with Crippen LogP contribution in [-0.2, 0) is 19.4 Å². The smallest absolute Gasteiger partial charge is 0.265 e. The quantitative estimate of drug-likeness (QED) is 0.499. The lowest BCUT2D eigenvalue weighted by atomic mass is 9.98. The lowest BCUT2D eigenvalue weighted by Crippen LogP contribution is -2.54. The first-order valence-corrected chi connectivity index (χ1v) is 11.0. The van der Waals surface area contributed by atoms with E-state index in [0.717, 1.165) is 20.8 Å². The maximum absolute atomic E-state index is 13.3. The summed E-state index contributed by atoms with van der Waals surface area (Å²) < 4.78 is 31.1. The molecule has 0 saturated carbocycles. The zero-order chi connectivity index (χ0) is 19.8. The first kappa shape index (κ1) is 19.0. The Balaban J connectivity index is 1.71. The molecule has 2 N–H and O–H groups in total. The number of thiazole rings is 1. The Kier molecular flexibility index (Phi) is 4.92. The van der Waals surface area contributed by atoms with E-state index in [-0.39, 0.29) is 31.0 Å². The standard InChI is InChI=1S/C19H18N2O5S2/c22-18(21-23)19(9-11-26-12-10-19)28(24,25)14-7-5-13(6-8-14)17-20-15-3-1-2-4-16(15)27-17/h1-8,23H,9-12H2,(H,21,22). The SMILES string of the molecule is O=C(NO)C1(S(=O)(=O)c2ccc(-c3nc4ccccc4s3)cc2)CCOCC1. The van der Waals surface area contributed by atoms with Crippen LogP contribution in [0.5, 0.6) is 0 Å². The average Bonchev–Trinajstić information content (AvgIpc) is 3.18. The van der Waals surface area contributed by atoms with E-state index in [1.807, 2.05) is 24.3 Å². The second kappa shape index (κ2) is 7.25. The van der Waals surface area contributed by atoms with Gasteiger partial charge in [-0.05, 0) is 37.1 Å². The Morgan fingerprint density at radius 3 is 2.43 bits per heavy atom. The van der Waals surface area contributed by atoms with Crippen molar-refractivity contribution in [2.24, 2.45) is 0 Å². The lowest BCUT2D eigenvalue weighted by Gasteiger charge is -2.34. The van der Waals surface area contributed by atoms with E-state index >= 15 is 0 Å². The van der Waals surface area contributed by atoms with Gasteiger partial charge in [-0.1, -0.05) is 24.3 Å². The van der Waals surface area contributed by atoms with Crippen LogP contribution < -0.4 is 5.48 Å². The number of nitrogens with zero attached hydrogens (tertiary/aromatic N) is 1. The molecule has 0 aliphatic carbocycles. The van der Waals surface area contributed by atoms with Crippen molar-refractivity contribution in [1.82, 2.24) is 10.5 Å². The number of fused-ring (bicyclic) bond motifs is 1. The number of hydroxylamine groups is 1. The molecule has 0 unspecified atom stereocenters. The van der Waals surface area contributed by atoms with Crippen molar-refractivity contribution in [2.45, 2.75) is 22.5 Å². The normalized spacial score (nSPS) is 16.8. The fourth-order valence-electron chi connectivity index (χ4n) is 3.42. The third-order valence-electron chi connectivity index (χ3n) is 5.04. The zero-order valence-electron chi connectivity index (χ0n) is 14.8. The van der Waals surface area contributed by atoms with Crippen molar-refractivity contribution in [3.63, 3.8) is 0 Å². The largest absolute Gasteiger partial charge is 0.381 e. The maximum Gasteiger partial charge on any atom is 0.265 e. The van der Waals surface area contributed by atoms with Crippen molar-refractivity contribution in [3.05, 3.63) is 48.5 Å². The number of amides is 1. The van der Waals surface area contributed by atoms with Gasteiger partial charge < -0.3 is 4.74 Å². The van der Waals surface area contributed by atoms with Gasteiger partial charge in [0, 0.05) is 18.8 Å². The Morgan fingerprint density at radius 1 is 1.11 bits per heavy atom. The van der Waals surface area contributed by atoms with Crippen LogP contribution in [0.3, 0.4) is 0 Å². The van der Waals surface area contributed by atoms with Gasteiger partial charge in [-0.15, -0.1) is 11.3 Å². The van der Waals surface area contributed by atoms with Crippen molar-refractivity contribution < 1.29 is 23.2 Å². The number of rotatable bonds is 4. The summed E-state index contributed by atoms with van der Waals surface area (Å²) >= 11 is 1.53. The van der Waals surface area contributed by atoms with Gasteiger partial charge in [-0.25, -0.2) is 18.9 Å². The second-order valence-corrected chi connectivity index (χ2v) is 9.85. The van der Waals surface area contributed by atoms with Gasteiger partial charge in [-0.3, -0.25) is 10.0 Å². The summed E-state index contributed by atoms with van der Waals surface area (Å²) in [5.41, 5.74) is 3.21. The summed E-state index contributed by atoms with van der Waals surface area (Å²) in [6.45, 7) is 0.271. The predicted octanol–water partition coefficient (Wildman–Crippen LogP) is 2.79.